The molecule has 8 aromatic carbocycles. The minimum atomic E-state index is -0.235. The summed E-state index contributed by atoms with van der Waals surface area (Å²) in [6.07, 6.45) is 3.69. The van der Waals surface area contributed by atoms with Crippen LogP contribution in [0.2, 0.25) is 0 Å². The fourth-order valence-electron chi connectivity index (χ4n) is 9.19. The highest BCUT2D eigenvalue weighted by Gasteiger charge is 2.40. The van der Waals surface area contributed by atoms with Crippen molar-refractivity contribution >= 4 is 10.8 Å². The molecule has 0 aliphatic heterocycles. The van der Waals surface area contributed by atoms with E-state index < -0.39 is 0 Å². The summed E-state index contributed by atoms with van der Waals surface area (Å²) in [5.74, 6) is 0.697. The number of rotatable bonds is 7. The van der Waals surface area contributed by atoms with Gasteiger partial charge < -0.3 is 0 Å². The van der Waals surface area contributed by atoms with Crippen molar-refractivity contribution < 1.29 is 0 Å². The molecule has 2 aromatic heterocycles. The number of benzene rings is 8. The molecule has 60 heavy (non-hydrogen) atoms. The molecule has 0 N–H and O–H groups in total. The van der Waals surface area contributed by atoms with Gasteiger partial charge in [-0.2, -0.15) is 0 Å². The quantitative estimate of drug-likeness (QED) is 0.162. The first-order chi connectivity index (χ1) is 29.6. The van der Waals surface area contributed by atoms with Gasteiger partial charge in [-0.25, -0.2) is 9.97 Å². The van der Waals surface area contributed by atoms with Gasteiger partial charge in [-0.05, 0) is 97.1 Å². The van der Waals surface area contributed by atoms with Crippen molar-refractivity contribution in [2.45, 2.75) is 12.3 Å². The summed E-state index contributed by atoms with van der Waals surface area (Å²) >= 11 is 0. The van der Waals surface area contributed by atoms with Crippen LogP contribution in [0.1, 0.15) is 23.6 Å². The van der Waals surface area contributed by atoms with Crippen molar-refractivity contribution in [2.75, 3.05) is 0 Å². The highest BCUT2D eigenvalue weighted by molar-refractivity contribution is 6.05. The SMILES string of the molecule is CC1(c2ccccc2)c2ccccc2-c2ccc(-c3ccc(-c4ccc(-c5cc(-c6ccc(-c7cccnc7)cc6)nc(-c6ccccc6)n5)c5ccccc45)cc3)cc21. The third-order valence-corrected chi connectivity index (χ3v) is 12.3. The molecular weight excluding hydrogens is 727 g/mol. The summed E-state index contributed by atoms with van der Waals surface area (Å²) < 4.78 is 0. The Balaban J connectivity index is 0.967. The van der Waals surface area contributed by atoms with Crippen molar-refractivity contribution in [2.24, 2.45) is 0 Å². The molecule has 0 saturated carbocycles. The van der Waals surface area contributed by atoms with Crippen LogP contribution < -0.4 is 0 Å². The summed E-state index contributed by atoms with van der Waals surface area (Å²) in [7, 11) is 0. The van der Waals surface area contributed by atoms with Crippen LogP contribution >= 0.6 is 0 Å². The van der Waals surface area contributed by atoms with Gasteiger partial charge in [-0.15, -0.1) is 0 Å². The molecule has 1 aliphatic rings. The average molecular weight is 766 g/mol. The van der Waals surface area contributed by atoms with Gasteiger partial charge in [0.2, 0.25) is 0 Å². The second-order valence-electron chi connectivity index (χ2n) is 15.7. The molecule has 0 spiro atoms. The van der Waals surface area contributed by atoms with Gasteiger partial charge in [0.1, 0.15) is 0 Å². The minimum Gasteiger partial charge on any atom is -0.264 e. The zero-order valence-electron chi connectivity index (χ0n) is 33.1. The Bertz CT molecular complexity index is 3180. The topological polar surface area (TPSA) is 38.7 Å². The van der Waals surface area contributed by atoms with Crippen molar-refractivity contribution in [3.8, 4) is 78.4 Å². The molecule has 10 aromatic rings. The molecule has 1 atom stereocenters. The summed E-state index contributed by atoms with van der Waals surface area (Å²) in [5.41, 5.74) is 18.2. The van der Waals surface area contributed by atoms with Crippen molar-refractivity contribution in [3.63, 3.8) is 0 Å². The fraction of sp³-hybridized carbons (Fsp3) is 0.0351. The van der Waals surface area contributed by atoms with Crippen molar-refractivity contribution in [3.05, 3.63) is 235 Å². The van der Waals surface area contributed by atoms with E-state index in [1.807, 2.05) is 30.5 Å². The number of pyridine rings is 1. The summed E-state index contributed by atoms with van der Waals surface area (Å²) in [6.45, 7) is 2.38. The fourth-order valence-corrected chi connectivity index (χ4v) is 9.19. The monoisotopic (exact) mass is 765 g/mol. The number of hydrogen-bond acceptors (Lipinski definition) is 3. The molecule has 2 heterocycles. The van der Waals surface area contributed by atoms with E-state index in [2.05, 4.69) is 194 Å². The Morgan fingerprint density at radius 2 is 0.900 bits per heavy atom. The number of nitrogens with zero attached hydrogens (tertiary/aromatic N) is 3. The lowest BCUT2D eigenvalue weighted by Crippen LogP contribution is -2.22. The van der Waals surface area contributed by atoms with E-state index >= 15 is 0 Å². The van der Waals surface area contributed by atoms with Gasteiger partial charge >= 0.3 is 0 Å². The predicted molar refractivity (Wildman–Crippen MR) is 247 cm³/mol. The second-order valence-corrected chi connectivity index (χ2v) is 15.7. The Morgan fingerprint density at radius 1 is 0.350 bits per heavy atom. The highest BCUT2D eigenvalue weighted by atomic mass is 14.9. The normalized spacial score (nSPS) is 14.2. The van der Waals surface area contributed by atoms with Crippen LogP contribution in [0.4, 0.5) is 0 Å². The number of hydrogen-bond donors (Lipinski definition) is 0. The van der Waals surface area contributed by atoms with E-state index in [0.29, 0.717) is 5.82 Å². The molecule has 0 bridgehead atoms. The van der Waals surface area contributed by atoms with E-state index in [-0.39, 0.29) is 5.41 Å². The molecule has 1 unspecified atom stereocenters. The Morgan fingerprint density at radius 3 is 1.65 bits per heavy atom. The lowest BCUT2D eigenvalue weighted by Gasteiger charge is -2.28. The lowest BCUT2D eigenvalue weighted by atomic mass is 9.74. The Hall–Kier alpha value is -7.75. The maximum atomic E-state index is 5.21. The third kappa shape index (κ3) is 6.02. The number of aromatic nitrogens is 3. The lowest BCUT2D eigenvalue weighted by molar-refractivity contribution is 0.714. The second kappa shape index (κ2) is 14.6. The van der Waals surface area contributed by atoms with Gasteiger partial charge in [0, 0.05) is 34.5 Å². The zero-order valence-corrected chi connectivity index (χ0v) is 33.1. The summed E-state index contributed by atoms with van der Waals surface area (Å²) in [5, 5.41) is 2.33. The van der Waals surface area contributed by atoms with Gasteiger partial charge in [-0.3, -0.25) is 4.98 Å². The third-order valence-electron chi connectivity index (χ3n) is 12.3. The molecule has 3 heteroatoms. The standard InChI is InChI=1S/C57H39N3/c1-57(45-16-6-3-7-17-45)52-21-11-10-20-49(52)50-31-30-43(35-53(50)57)38-22-26-40(27-23-38)46-32-33-51(48-19-9-8-18-47(46)48)55-36-54(59-56(60-55)42-13-4-2-5-14-42)41-28-24-39(25-29-41)44-15-12-34-58-37-44/h2-37H,1H3. The van der Waals surface area contributed by atoms with E-state index in [1.54, 1.807) is 6.20 Å². The van der Waals surface area contributed by atoms with Crippen LogP contribution in [0.25, 0.3) is 89.2 Å². The minimum absolute atomic E-state index is 0.235. The summed E-state index contributed by atoms with van der Waals surface area (Å²) in [4.78, 5) is 14.6. The van der Waals surface area contributed by atoms with Crippen LogP contribution in [0.5, 0.6) is 0 Å². The zero-order chi connectivity index (χ0) is 40.0. The predicted octanol–water partition coefficient (Wildman–Crippen LogP) is 14.4. The average Bonchev–Trinajstić information content (AvgIpc) is 3.59. The van der Waals surface area contributed by atoms with Crippen LogP contribution in [-0.2, 0) is 5.41 Å². The smallest absolute Gasteiger partial charge is 0.160 e. The molecule has 0 fully saturated rings. The largest absolute Gasteiger partial charge is 0.264 e. The van der Waals surface area contributed by atoms with E-state index in [9.17, 15) is 0 Å². The molecular formula is C57H39N3. The van der Waals surface area contributed by atoms with Crippen molar-refractivity contribution in [1.82, 2.24) is 15.0 Å². The Labute approximate surface area is 350 Å². The molecule has 0 radical (unpaired) electrons. The molecule has 282 valence electrons. The van der Waals surface area contributed by atoms with Crippen LogP contribution in [0, 0.1) is 0 Å². The highest BCUT2D eigenvalue weighted by Crippen LogP contribution is 2.53. The van der Waals surface area contributed by atoms with E-state index in [1.165, 1.54) is 55.5 Å². The maximum Gasteiger partial charge on any atom is 0.160 e. The van der Waals surface area contributed by atoms with Crippen LogP contribution in [-0.4, -0.2) is 15.0 Å². The molecule has 11 rings (SSSR count). The van der Waals surface area contributed by atoms with E-state index in [4.69, 9.17) is 9.97 Å². The molecule has 3 nitrogen and oxygen atoms in total. The first kappa shape index (κ1) is 35.4. The summed E-state index contributed by atoms with van der Waals surface area (Å²) in [6, 6.07) is 74.0. The molecule has 0 amide bonds. The first-order valence-corrected chi connectivity index (χ1v) is 20.5. The van der Waals surface area contributed by atoms with Gasteiger partial charge in [-0.1, -0.05) is 188 Å². The van der Waals surface area contributed by atoms with Crippen LogP contribution in [0.3, 0.4) is 0 Å². The maximum absolute atomic E-state index is 5.21. The Kier molecular flexibility index (Phi) is 8.60. The molecule has 1 aliphatic carbocycles. The first-order valence-electron chi connectivity index (χ1n) is 20.5. The van der Waals surface area contributed by atoms with Gasteiger partial charge in [0.25, 0.3) is 0 Å². The molecule has 0 saturated heterocycles. The van der Waals surface area contributed by atoms with Gasteiger partial charge in [0.05, 0.1) is 11.4 Å². The van der Waals surface area contributed by atoms with Gasteiger partial charge in [0.15, 0.2) is 5.82 Å². The van der Waals surface area contributed by atoms with Crippen LogP contribution in [0.15, 0.2) is 219 Å². The van der Waals surface area contributed by atoms with Crippen molar-refractivity contribution in [1.29, 1.82) is 0 Å². The number of fused-ring (bicyclic) bond motifs is 4. The van der Waals surface area contributed by atoms with E-state index in [0.717, 1.165) is 44.6 Å².